The number of hydrogen-bond acceptors (Lipinski definition) is 4. The van der Waals surface area contributed by atoms with E-state index in [4.69, 9.17) is 0 Å². The monoisotopic (exact) mass is 377 g/mol. The molecular weight excluding hydrogens is 353 g/mol. The number of benzene rings is 1. The Balaban J connectivity index is 2.12. The summed E-state index contributed by atoms with van der Waals surface area (Å²) >= 11 is 0. The molecule has 0 aliphatic carbocycles. The molecule has 2 unspecified atom stereocenters. The molecule has 0 fully saturated rings. The van der Waals surface area contributed by atoms with Crippen molar-refractivity contribution in [2.45, 2.75) is 45.3 Å². The summed E-state index contributed by atoms with van der Waals surface area (Å²) in [6.07, 6.45) is 3.53. The lowest BCUT2D eigenvalue weighted by Crippen LogP contribution is -2.49. The van der Waals surface area contributed by atoms with Gasteiger partial charge < -0.3 is 14.8 Å². The van der Waals surface area contributed by atoms with Crippen LogP contribution >= 0.6 is 0 Å². The van der Waals surface area contributed by atoms with E-state index in [9.17, 15) is 24.2 Å². The van der Waals surface area contributed by atoms with E-state index in [1.54, 1.807) is 29.2 Å². The highest BCUT2D eigenvalue weighted by molar-refractivity contribution is 5.77. The van der Waals surface area contributed by atoms with Gasteiger partial charge in [-0.05, 0) is 30.0 Å². The maximum atomic E-state index is 13.0. The van der Waals surface area contributed by atoms with Gasteiger partial charge in [0.15, 0.2) is 0 Å². The normalized spacial score (nSPS) is 13.5. The Kier molecular flexibility index (Phi) is 7.06. The highest BCUT2D eigenvalue weighted by Crippen LogP contribution is 2.12. The molecule has 0 aliphatic heterocycles. The summed E-state index contributed by atoms with van der Waals surface area (Å²) in [5, 5.41) is 21.6. The summed E-state index contributed by atoms with van der Waals surface area (Å²) in [5.74, 6) is -2.42. The molecule has 7 nitrogen and oxygen atoms in total. The number of carboxylic acids is 2. The van der Waals surface area contributed by atoms with E-state index < -0.39 is 24.0 Å². The number of nitrogens with zero attached hydrogens (tertiary/aromatic N) is 2. The van der Waals surface area contributed by atoms with E-state index in [-0.39, 0.29) is 18.2 Å². The second kappa shape index (κ2) is 9.27. The summed E-state index contributed by atoms with van der Waals surface area (Å²) in [7, 11) is 0. The maximum absolute atomic E-state index is 13.0. The van der Waals surface area contributed by atoms with Crippen LogP contribution in [0.25, 0.3) is 0 Å². The average molecular weight is 377 g/mol. The second-order valence-corrected chi connectivity index (χ2v) is 6.92. The molecule has 3 N–H and O–H groups in total. The van der Waals surface area contributed by atoms with Crippen LogP contribution in [0, 0.1) is 11.7 Å². The molecule has 0 spiro atoms. The van der Waals surface area contributed by atoms with Crippen molar-refractivity contribution in [3.8, 4) is 0 Å². The summed E-state index contributed by atoms with van der Waals surface area (Å²) in [6.45, 7) is 4.17. The molecule has 2 aromatic rings. The van der Waals surface area contributed by atoms with Crippen molar-refractivity contribution in [2.75, 3.05) is 0 Å². The minimum atomic E-state index is -1.13. The van der Waals surface area contributed by atoms with Gasteiger partial charge in [-0.15, -0.1) is 0 Å². The third-order valence-electron chi connectivity index (χ3n) is 4.18. The molecular formula is C19H24FN3O4. The van der Waals surface area contributed by atoms with Crippen molar-refractivity contribution in [3.63, 3.8) is 0 Å². The first-order chi connectivity index (χ1) is 12.8. The Morgan fingerprint density at radius 1 is 1.15 bits per heavy atom. The van der Waals surface area contributed by atoms with Gasteiger partial charge in [-0.3, -0.25) is 14.9 Å². The van der Waals surface area contributed by atoms with Crippen LogP contribution < -0.4 is 5.32 Å². The number of imidazole rings is 1. The molecule has 0 saturated carbocycles. The topological polar surface area (TPSA) is 104 Å². The molecule has 0 aliphatic rings. The van der Waals surface area contributed by atoms with Crippen molar-refractivity contribution in [3.05, 3.63) is 53.9 Å². The first-order valence-corrected chi connectivity index (χ1v) is 8.71. The number of halogens is 1. The summed E-state index contributed by atoms with van der Waals surface area (Å²) in [4.78, 5) is 27.1. The lowest BCUT2D eigenvalue weighted by Gasteiger charge is -2.22. The Hall–Kier alpha value is -2.74. The number of aromatic nitrogens is 2. The number of carboxylic acid groups (broad SMARTS) is 2. The predicted molar refractivity (Wildman–Crippen MR) is 96.9 cm³/mol. The van der Waals surface area contributed by atoms with Crippen molar-refractivity contribution in [1.82, 2.24) is 14.9 Å². The molecule has 0 bridgehead atoms. The van der Waals surface area contributed by atoms with E-state index >= 15 is 0 Å². The molecule has 0 radical (unpaired) electrons. The molecule has 0 saturated heterocycles. The Morgan fingerprint density at radius 3 is 2.33 bits per heavy atom. The lowest BCUT2D eigenvalue weighted by atomic mass is 10.0. The summed E-state index contributed by atoms with van der Waals surface area (Å²) < 4.78 is 14.8. The van der Waals surface area contributed by atoms with Crippen LogP contribution in [0.2, 0.25) is 0 Å². The molecule has 8 heteroatoms. The highest BCUT2D eigenvalue weighted by Gasteiger charge is 2.27. The number of aliphatic carboxylic acids is 2. The maximum Gasteiger partial charge on any atom is 0.321 e. The van der Waals surface area contributed by atoms with Gasteiger partial charge in [-0.2, -0.15) is 0 Å². The quantitative estimate of drug-likeness (QED) is 0.586. The lowest BCUT2D eigenvalue weighted by molar-refractivity contribution is -0.142. The van der Waals surface area contributed by atoms with Crippen molar-refractivity contribution < 1.29 is 24.2 Å². The number of hydrogen-bond donors (Lipinski definition) is 3. The Morgan fingerprint density at radius 2 is 1.78 bits per heavy atom. The van der Waals surface area contributed by atoms with Crippen LogP contribution in [-0.4, -0.2) is 43.8 Å². The molecule has 0 amide bonds. The SMILES string of the molecule is CC(C)CC(NC(Cc1cncn1Cc1ccc(F)cc1)C(=O)O)C(=O)O. The Bertz CT molecular complexity index is 774. The second-order valence-electron chi connectivity index (χ2n) is 6.92. The van der Waals surface area contributed by atoms with Crippen molar-refractivity contribution >= 4 is 11.9 Å². The van der Waals surface area contributed by atoms with Gasteiger partial charge in [-0.1, -0.05) is 26.0 Å². The van der Waals surface area contributed by atoms with Crippen LogP contribution in [0.1, 0.15) is 31.5 Å². The molecule has 2 atom stereocenters. The molecule has 1 aromatic heterocycles. The zero-order valence-corrected chi connectivity index (χ0v) is 15.3. The van der Waals surface area contributed by atoms with E-state index in [1.807, 2.05) is 13.8 Å². The number of nitrogens with one attached hydrogen (secondary N) is 1. The van der Waals surface area contributed by atoms with Gasteiger partial charge in [0.1, 0.15) is 17.9 Å². The largest absolute Gasteiger partial charge is 0.480 e. The standard InChI is InChI=1S/C19H24FN3O4/c1-12(2)7-16(18(24)25)22-17(19(26)27)8-15-9-21-11-23(15)10-13-3-5-14(20)6-4-13/h3-6,9,11-12,16-17,22H,7-8,10H2,1-2H3,(H,24,25)(H,26,27). The van der Waals surface area contributed by atoms with Crippen molar-refractivity contribution in [2.24, 2.45) is 5.92 Å². The minimum Gasteiger partial charge on any atom is -0.480 e. The minimum absolute atomic E-state index is 0.0817. The molecule has 1 heterocycles. The molecule has 27 heavy (non-hydrogen) atoms. The van der Waals surface area contributed by atoms with Gasteiger partial charge in [0.2, 0.25) is 0 Å². The third-order valence-corrected chi connectivity index (χ3v) is 4.18. The average Bonchev–Trinajstić information content (AvgIpc) is 3.01. The fourth-order valence-electron chi connectivity index (χ4n) is 2.83. The van der Waals surface area contributed by atoms with Crippen LogP contribution in [0.5, 0.6) is 0 Å². The van der Waals surface area contributed by atoms with Crippen LogP contribution in [-0.2, 0) is 22.6 Å². The van der Waals surface area contributed by atoms with Gasteiger partial charge in [0.25, 0.3) is 0 Å². The predicted octanol–water partition coefficient (Wildman–Crippen LogP) is 2.16. The molecule has 2 rings (SSSR count). The fraction of sp³-hybridized carbons (Fsp3) is 0.421. The van der Waals surface area contributed by atoms with Gasteiger partial charge in [0.05, 0.1) is 6.33 Å². The van der Waals surface area contributed by atoms with Crippen LogP contribution in [0.3, 0.4) is 0 Å². The van der Waals surface area contributed by atoms with Crippen molar-refractivity contribution in [1.29, 1.82) is 0 Å². The first kappa shape index (κ1) is 20.6. The molecule has 1 aromatic carbocycles. The summed E-state index contributed by atoms with van der Waals surface area (Å²) in [5.41, 5.74) is 1.49. The number of rotatable bonds is 10. The highest BCUT2D eigenvalue weighted by atomic mass is 19.1. The van der Waals surface area contributed by atoms with E-state index in [1.165, 1.54) is 12.1 Å². The van der Waals surface area contributed by atoms with E-state index in [0.717, 1.165) is 5.56 Å². The summed E-state index contributed by atoms with van der Waals surface area (Å²) in [6, 6.07) is 4.01. The van der Waals surface area contributed by atoms with Crippen LogP contribution in [0.15, 0.2) is 36.8 Å². The smallest absolute Gasteiger partial charge is 0.321 e. The van der Waals surface area contributed by atoms with Gasteiger partial charge in [0, 0.05) is 24.9 Å². The fourth-order valence-corrected chi connectivity index (χ4v) is 2.83. The zero-order chi connectivity index (χ0) is 20.0. The third kappa shape index (κ3) is 6.18. The molecule has 146 valence electrons. The zero-order valence-electron chi connectivity index (χ0n) is 15.3. The van der Waals surface area contributed by atoms with Gasteiger partial charge >= 0.3 is 11.9 Å². The van der Waals surface area contributed by atoms with Crippen LogP contribution in [0.4, 0.5) is 4.39 Å². The first-order valence-electron chi connectivity index (χ1n) is 8.71. The van der Waals surface area contributed by atoms with E-state index in [2.05, 4.69) is 10.3 Å². The number of carbonyl (C=O) groups is 2. The van der Waals surface area contributed by atoms with E-state index in [0.29, 0.717) is 18.7 Å². The van der Waals surface area contributed by atoms with Gasteiger partial charge in [-0.25, -0.2) is 9.37 Å². The Labute approximate surface area is 156 Å².